The van der Waals surface area contributed by atoms with Gasteiger partial charge < -0.3 is 4.90 Å². The molecule has 0 heterocycles. The summed E-state index contributed by atoms with van der Waals surface area (Å²) in [5.74, 6) is 0. The lowest BCUT2D eigenvalue weighted by atomic mass is 10.2. The van der Waals surface area contributed by atoms with Crippen LogP contribution in [0.15, 0.2) is 72.8 Å². The Hall–Kier alpha value is -1.25. The number of benzene rings is 3. The Morgan fingerprint density at radius 3 is 0.800 bits per heavy atom. The molecule has 0 atom stereocenters. The van der Waals surface area contributed by atoms with Gasteiger partial charge in [0.25, 0.3) is 0 Å². The van der Waals surface area contributed by atoms with Crippen molar-refractivity contribution in [3.63, 3.8) is 0 Å². The molecule has 0 saturated carbocycles. The van der Waals surface area contributed by atoms with Crippen LogP contribution in [0.3, 0.4) is 0 Å². The molecule has 0 N–H and O–H groups in total. The molecule has 0 bridgehead atoms. The minimum Gasteiger partial charge on any atom is -0.310 e. The first kappa shape index (κ1) is 33.3. The second-order valence-corrected chi connectivity index (χ2v) is 22.9. The third-order valence-corrected chi connectivity index (χ3v) is 16.8. The Labute approximate surface area is 250 Å². The highest BCUT2D eigenvalue weighted by Gasteiger charge is 2.25. The van der Waals surface area contributed by atoms with Gasteiger partial charge >= 0.3 is 0 Å². The van der Waals surface area contributed by atoms with Crippen molar-refractivity contribution in [3.8, 4) is 0 Å². The minimum atomic E-state index is -0.240. The first-order valence-electron chi connectivity index (χ1n) is 15.3. The fourth-order valence-electron chi connectivity index (χ4n) is 6.40. The van der Waals surface area contributed by atoms with Gasteiger partial charge in [-0.25, -0.2) is 0 Å². The molecule has 0 aliphatic rings. The van der Waals surface area contributed by atoms with E-state index < -0.39 is 0 Å². The van der Waals surface area contributed by atoms with E-state index >= 15 is 0 Å². The monoisotopic (exact) mass is 593 g/mol. The predicted molar refractivity (Wildman–Crippen MR) is 192 cm³/mol. The smallest absolute Gasteiger partial charge is 0.0467 e. The first-order valence-corrected chi connectivity index (χ1v) is 19.7. The van der Waals surface area contributed by atoms with Gasteiger partial charge in [0.05, 0.1) is 0 Å². The van der Waals surface area contributed by atoms with E-state index in [0.717, 1.165) is 0 Å². The van der Waals surface area contributed by atoms with Crippen molar-refractivity contribution in [1.82, 2.24) is 0 Å². The second-order valence-electron chi connectivity index (χ2n) is 12.7. The van der Waals surface area contributed by atoms with Crippen LogP contribution < -0.4 is 20.8 Å². The Morgan fingerprint density at radius 2 is 0.600 bits per heavy atom. The zero-order chi connectivity index (χ0) is 29.7. The third-order valence-electron chi connectivity index (χ3n) is 7.50. The molecule has 0 radical (unpaired) electrons. The van der Waals surface area contributed by atoms with E-state index in [1.807, 2.05) is 0 Å². The Bertz CT molecular complexity index is 1040. The van der Waals surface area contributed by atoms with Crippen LogP contribution in [0, 0.1) is 0 Å². The summed E-state index contributed by atoms with van der Waals surface area (Å²) in [5.41, 5.74) is 7.78. The molecule has 1 nitrogen and oxygen atoms in total. The molecule has 218 valence electrons. The third kappa shape index (κ3) is 7.97. The van der Waals surface area contributed by atoms with E-state index in [0.29, 0.717) is 34.0 Å². The summed E-state index contributed by atoms with van der Waals surface area (Å²) in [6, 6.07) is 28.4. The maximum absolute atomic E-state index is 2.53. The number of nitrogens with zero attached hydrogens (tertiary/aromatic N) is 1. The van der Waals surface area contributed by atoms with Crippen LogP contribution in [-0.4, -0.2) is 34.0 Å². The first-order chi connectivity index (χ1) is 18.8. The lowest BCUT2D eigenvalue weighted by Gasteiger charge is -2.32. The molecule has 0 amide bonds. The van der Waals surface area contributed by atoms with Gasteiger partial charge in [-0.2, -0.15) is 0 Å². The van der Waals surface area contributed by atoms with Gasteiger partial charge in [0.2, 0.25) is 0 Å². The van der Waals surface area contributed by atoms with Crippen molar-refractivity contribution in [2.75, 3.05) is 4.90 Å². The van der Waals surface area contributed by atoms with Crippen LogP contribution in [0.25, 0.3) is 0 Å². The summed E-state index contributed by atoms with van der Waals surface area (Å²) >= 11 is 0. The maximum atomic E-state index is 2.53. The zero-order valence-electron chi connectivity index (χ0n) is 27.2. The van der Waals surface area contributed by atoms with Crippen LogP contribution in [0.1, 0.15) is 83.1 Å². The Morgan fingerprint density at radius 1 is 0.375 bits per heavy atom. The molecule has 40 heavy (non-hydrogen) atoms. The summed E-state index contributed by atoms with van der Waals surface area (Å²) < 4.78 is 0. The van der Waals surface area contributed by atoms with Gasteiger partial charge in [0.1, 0.15) is 0 Å². The molecular formula is C36H54NP3. The molecule has 0 unspecified atom stereocenters. The molecule has 0 aliphatic heterocycles. The van der Waals surface area contributed by atoms with Gasteiger partial charge in [-0.15, -0.1) is 0 Å². The molecule has 3 aromatic carbocycles. The molecule has 3 aromatic rings. The molecule has 0 aromatic heterocycles. The van der Waals surface area contributed by atoms with Crippen molar-refractivity contribution in [2.45, 2.75) is 117 Å². The van der Waals surface area contributed by atoms with E-state index in [1.165, 1.54) is 33.0 Å². The highest BCUT2D eigenvalue weighted by molar-refractivity contribution is 7.67. The molecule has 0 spiro atoms. The maximum Gasteiger partial charge on any atom is 0.0467 e. The van der Waals surface area contributed by atoms with Crippen LogP contribution in [0.2, 0.25) is 0 Å². The Balaban J connectivity index is 2.26. The summed E-state index contributed by atoms with van der Waals surface area (Å²) in [7, 11) is -0.721. The van der Waals surface area contributed by atoms with Crippen molar-refractivity contribution in [3.05, 3.63) is 72.8 Å². The summed E-state index contributed by atoms with van der Waals surface area (Å²) in [6.45, 7) is 28.7. The van der Waals surface area contributed by atoms with Gasteiger partial charge in [0, 0.05) is 17.1 Å². The van der Waals surface area contributed by atoms with Crippen molar-refractivity contribution in [1.29, 1.82) is 0 Å². The van der Waals surface area contributed by atoms with Gasteiger partial charge in [-0.1, -0.05) is 143 Å². The highest BCUT2D eigenvalue weighted by Crippen LogP contribution is 2.49. The summed E-state index contributed by atoms with van der Waals surface area (Å²) in [5, 5.41) is 4.52. The molecule has 0 fully saturated rings. The van der Waals surface area contributed by atoms with Crippen LogP contribution in [0.5, 0.6) is 0 Å². The molecule has 4 heteroatoms. The van der Waals surface area contributed by atoms with Gasteiger partial charge in [0.15, 0.2) is 0 Å². The van der Waals surface area contributed by atoms with Crippen LogP contribution in [-0.2, 0) is 0 Å². The van der Waals surface area contributed by atoms with E-state index in [-0.39, 0.29) is 23.8 Å². The fraction of sp³-hybridized carbons (Fsp3) is 0.500. The van der Waals surface area contributed by atoms with E-state index in [4.69, 9.17) is 0 Å². The highest BCUT2D eigenvalue weighted by atomic mass is 31.1. The number of anilines is 3. The van der Waals surface area contributed by atoms with Gasteiger partial charge in [-0.05, 0) is 86.3 Å². The molecule has 3 rings (SSSR count). The van der Waals surface area contributed by atoms with Gasteiger partial charge in [-0.3, -0.25) is 0 Å². The predicted octanol–water partition coefficient (Wildman–Crippen LogP) is 10.9. The lowest BCUT2D eigenvalue weighted by Crippen LogP contribution is -2.20. The largest absolute Gasteiger partial charge is 0.310 e. The lowest BCUT2D eigenvalue weighted by molar-refractivity contribution is 1.02. The quantitative estimate of drug-likeness (QED) is 0.189. The number of rotatable bonds is 12. The SMILES string of the molecule is CC(C)P(c1cccc(N(c2cccc(P(C(C)C)C(C)C)c2)c2cccc(P(C(C)C)C(C)C)c2)c1)C(C)C. The van der Waals surface area contributed by atoms with E-state index in [9.17, 15) is 0 Å². The van der Waals surface area contributed by atoms with Crippen molar-refractivity contribution < 1.29 is 0 Å². The normalized spacial score (nSPS) is 12.5. The fourth-order valence-corrected chi connectivity index (χ4v) is 15.2. The molecular weight excluding hydrogens is 539 g/mol. The molecule has 0 aliphatic carbocycles. The average molecular weight is 594 g/mol. The number of hydrogen-bond acceptors (Lipinski definition) is 1. The molecule has 0 saturated heterocycles. The average Bonchev–Trinajstić information content (AvgIpc) is 2.84. The standard InChI is InChI=1S/C36H54NP3/c1-25(2)38(26(3)4)34-19-13-16-31(22-34)37(32-17-14-20-35(23-32)39(27(5)6)28(7)8)33-18-15-21-36(24-33)40(29(9)10)30(11)12/h13-30H,1-12H3. The van der Waals surface area contributed by atoms with Crippen molar-refractivity contribution in [2.24, 2.45) is 0 Å². The zero-order valence-corrected chi connectivity index (χ0v) is 29.9. The van der Waals surface area contributed by atoms with Crippen LogP contribution in [0.4, 0.5) is 17.1 Å². The second kappa shape index (κ2) is 14.8. The number of hydrogen-bond donors (Lipinski definition) is 0. The van der Waals surface area contributed by atoms with Crippen molar-refractivity contribution >= 4 is 56.7 Å². The summed E-state index contributed by atoms with van der Waals surface area (Å²) in [4.78, 5) is 2.53. The topological polar surface area (TPSA) is 3.24 Å². The summed E-state index contributed by atoms with van der Waals surface area (Å²) in [6.07, 6.45) is 0. The van der Waals surface area contributed by atoms with Crippen LogP contribution >= 0.6 is 23.8 Å². The Kier molecular flexibility index (Phi) is 12.3. The van der Waals surface area contributed by atoms with E-state index in [2.05, 4.69) is 161 Å². The van der Waals surface area contributed by atoms with E-state index in [1.54, 1.807) is 0 Å². The minimum absolute atomic E-state index is 0.240.